The van der Waals surface area contributed by atoms with Crippen molar-refractivity contribution in [1.82, 2.24) is 5.43 Å². The topological polar surface area (TPSA) is 32.3 Å². The number of carbonyl (C=O) groups is 1. The maximum Gasteiger partial charge on any atom is 0.246 e. The molecule has 0 radical (unpaired) electrons. The van der Waals surface area contributed by atoms with Gasteiger partial charge in [0, 0.05) is 5.56 Å². The van der Waals surface area contributed by atoms with E-state index in [0.717, 1.165) is 16.8 Å². The second-order valence-corrected chi connectivity index (χ2v) is 5.79. The quantitative estimate of drug-likeness (QED) is 0.905. The molecule has 1 amide bonds. The highest BCUT2D eigenvalue weighted by Crippen LogP contribution is 2.34. The van der Waals surface area contributed by atoms with E-state index in [1.54, 1.807) is 0 Å². The summed E-state index contributed by atoms with van der Waals surface area (Å²) in [5, 5.41) is 1.95. The summed E-state index contributed by atoms with van der Waals surface area (Å²) < 4.78 is 0. The number of hydrogen-bond donors (Lipinski definition) is 1. The fourth-order valence-electron chi connectivity index (χ4n) is 2.50. The molecule has 0 aromatic heterocycles. The van der Waals surface area contributed by atoms with Gasteiger partial charge in [0.2, 0.25) is 5.91 Å². The number of carbonyl (C=O) groups excluding carboxylic acids is 1. The standard InChI is InChI=1S/C17H18N2O/c1-17(2)12-19(18-16(17)20)15-11-7-6-10-14(15)13-8-4-3-5-9-13/h3-11H,12H2,1-2H3,(H,18,20). The van der Waals surface area contributed by atoms with Crippen LogP contribution in [0.3, 0.4) is 0 Å². The first-order valence-electron chi connectivity index (χ1n) is 6.81. The second kappa shape index (κ2) is 4.67. The Morgan fingerprint density at radius 1 is 1.00 bits per heavy atom. The van der Waals surface area contributed by atoms with Crippen LogP contribution in [-0.2, 0) is 4.79 Å². The number of anilines is 1. The van der Waals surface area contributed by atoms with E-state index in [4.69, 9.17) is 0 Å². The summed E-state index contributed by atoms with van der Waals surface area (Å²) >= 11 is 0. The van der Waals surface area contributed by atoms with Crippen LogP contribution in [0.4, 0.5) is 5.69 Å². The van der Waals surface area contributed by atoms with Crippen LogP contribution in [0.25, 0.3) is 11.1 Å². The van der Waals surface area contributed by atoms with Gasteiger partial charge in [-0.25, -0.2) is 0 Å². The lowest BCUT2D eigenvalue weighted by molar-refractivity contribution is -0.125. The first-order chi connectivity index (χ1) is 9.58. The number of hydrogen-bond acceptors (Lipinski definition) is 2. The number of rotatable bonds is 2. The number of benzene rings is 2. The monoisotopic (exact) mass is 266 g/mol. The SMILES string of the molecule is CC1(C)CN(c2ccccc2-c2ccccc2)NC1=O. The molecule has 3 nitrogen and oxygen atoms in total. The summed E-state index contributed by atoms with van der Waals surface area (Å²) in [6.45, 7) is 4.61. The lowest BCUT2D eigenvalue weighted by atomic mass is 9.94. The molecule has 1 aliphatic rings. The van der Waals surface area contributed by atoms with E-state index in [2.05, 4.69) is 23.6 Å². The van der Waals surface area contributed by atoms with Crippen LogP contribution < -0.4 is 10.4 Å². The lowest BCUT2D eigenvalue weighted by Crippen LogP contribution is -2.33. The average molecular weight is 266 g/mol. The van der Waals surface area contributed by atoms with E-state index in [0.29, 0.717) is 6.54 Å². The minimum Gasteiger partial charge on any atom is -0.284 e. The smallest absolute Gasteiger partial charge is 0.246 e. The van der Waals surface area contributed by atoms with Crippen LogP contribution in [0, 0.1) is 5.41 Å². The van der Waals surface area contributed by atoms with Gasteiger partial charge in [0.05, 0.1) is 17.6 Å². The zero-order valence-electron chi connectivity index (χ0n) is 11.8. The summed E-state index contributed by atoms with van der Waals surface area (Å²) in [7, 11) is 0. The van der Waals surface area contributed by atoms with Crippen molar-refractivity contribution in [2.24, 2.45) is 5.41 Å². The first-order valence-corrected chi connectivity index (χ1v) is 6.81. The van der Waals surface area contributed by atoms with Gasteiger partial charge in [0.15, 0.2) is 0 Å². The van der Waals surface area contributed by atoms with Gasteiger partial charge in [-0.1, -0.05) is 48.5 Å². The Bertz CT molecular complexity index is 634. The van der Waals surface area contributed by atoms with Crippen molar-refractivity contribution in [3.8, 4) is 11.1 Å². The van der Waals surface area contributed by atoms with E-state index in [1.807, 2.05) is 55.3 Å². The van der Waals surface area contributed by atoms with Crippen molar-refractivity contribution in [2.75, 3.05) is 11.6 Å². The van der Waals surface area contributed by atoms with Crippen LogP contribution in [0.1, 0.15) is 13.8 Å². The van der Waals surface area contributed by atoms with E-state index < -0.39 is 0 Å². The van der Waals surface area contributed by atoms with Gasteiger partial charge in [0.25, 0.3) is 0 Å². The van der Waals surface area contributed by atoms with Gasteiger partial charge in [-0.15, -0.1) is 0 Å². The van der Waals surface area contributed by atoms with Crippen LogP contribution in [0.2, 0.25) is 0 Å². The summed E-state index contributed by atoms with van der Waals surface area (Å²) in [4.78, 5) is 12.0. The minimum absolute atomic E-state index is 0.0698. The van der Waals surface area contributed by atoms with E-state index in [9.17, 15) is 4.79 Å². The van der Waals surface area contributed by atoms with Gasteiger partial charge < -0.3 is 0 Å². The summed E-state index contributed by atoms with van der Waals surface area (Å²) in [6.07, 6.45) is 0. The van der Waals surface area contributed by atoms with Crippen LogP contribution >= 0.6 is 0 Å². The lowest BCUT2D eigenvalue weighted by Gasteiger charge is -2.22. The molecule has 20 heavy (non-hydrogen) atoms. The van der Waals surface area contributed by atoms with Gasteiger partial charge in [-0.2, -0.15) is 0 Å². The Morgan fingerprint density at radius 3 is 2.30 bits per heavy atom. The third kappa shape index (κ3) is 2.16. The number of nitrogens with one attached hydrogen (secondary N) is 1. The minimum atomic E-state index is -0.357. The molecule has 0 saturated carbocycles. The van der Waals surface area contributed by atoms with Gasteiger partial charge in [0.1, 0.15) is 0 Å². The van der Waals surface area contributed by atoms with Crippen molar-refractivity contribution in [2.45, 2.75) is 13.8 Å². The normalized spacial score (nSPS) is 17.1. The molecule has 2 aromatic carbocycles. The molecule has 0 spiro atoms. The zero-order chi connectivity index (χ0) is 14.2. The molecule has 0 bridgehead atoms. The van der Waals surface area contributed by atoms with E-state index in [-0.39, 0.29) is 11.3 Å². The number of nitrogens with zero attached hydrogens (tertiary/aromatic N) is 1. The van der Waals surface area contributed by atoms with Crippen molar-refractivity contribution >= 4 is 11.6 Å². The highest BCUT2D eigenvalue weighted by Gasteiger charge is 2.38. The fourth-order valence-corrected chi connectivity index (χ4v) is 2.50. The number of para-hydroxylation sites is 1. The van der Waals surface area contributed by atoms with Gasteiger partial charge in [-0.05, 0) is 25.5 Å². The maximum atomic E-state index is 12.0. The molecule has 3 rings (SSSR count). The summed E-state index contributed by atoms with van der Waals surface area (Å²) in [5.41, 5.74) is 5.93. The van der Waals surface area contributed by atoms with Crippen LogP contribution in [0.15, 0.2) is 54.6 Å². The molecule has 1 heterocycles. The summed E-state index contributed by atoms with van der Waals surface area (Å²) in [6, 6.07) is 18.4. The number of amides is 1. The van der Waals surface area contributed by atoms with Gasteiger partial charge >= 0.3 is 0 Å². The highest BCUT2D eigenvalue weighted by atomic mass is 16.2. The molecule has 3 heteroatoms. The molecule has 2 aromatic rings. The van der Waals surface area contributed by atoms with Crippen molar-refractivity contribution < 1.29 is 4.79 Å². The van der Waals surface area contributed by atoms with E-state index >= 15 is 0 Å². The predicted octanol–water partition coefficient (Wildman–Crippen LogP) is 3.23. The molecule has 0 atom stereocenters. The molecular formula is C17H18N2O. The molecule has 102 valence electrons. The maximum absolute atomic E-state index is 12.0. The van der Waals surface area contributed by atoms with Crippen molar-refractivity contribution in [3.63, 3.8) is 0 Å². The molecule has 1 aliphatic heterocycles. The predicted molar refractivity (Wildman–Crippen MR) is 81.1 cm³/mol. The molecule has 0 aliphatic carbocycles. The van der Waals surface area contributed by atoms with Gasteiger partial charge in [-0.3, -0.25) is 15.2 Å². The molecule has 1 fully saturated rings. The molecule has 1 saturated heterocycles. The third-order valence-corrected chi connectivity index (χ3v) is 3.68. The molecule has 1 N–H and O–H groups in total. The van der Waals surface area contributed by atoms with E-state index in [1.165, 1.54) is 0 Å². The van der Waals surface area contributed by atoms with Crippen LogP contribution in [-0.4, -0.2) is 12.5 Å². The third-order valence-electron chi connectivity index (χ3n) is 3.68. The second-order valence-electron chi connectivity index (χ2n) is 5.79. The Labute approximate surface area is 119 Å². The zero-order valence-corrected chi connectivity index (χ0v) is 11.8. The number of hydrazine groups is 1. The largest absolute Gasteiger partial charge is 0.284 e. The molecular weight excluding hydrogens is 248 g/mol. The van der Waals surface area contributed by atoms with Crippen molar-refractivity contribution in [1.29, 1.82) is 0 Å². The van der Waals surface area contributed by atoms with Crippen LogP contribution in [0.5, 0.6) is 0 Å². The Kier molecular flexibility index (Phi) is 2.97. The first kappa shape index (κ1) is 12.7. The fraction of sp³-hybridized carbons (Fsp3) is 0.235. The Balaban J connectivity index is 2.02. The average Bonchev–Trinajstić information content (AvgIpc) is 2.74. The Hall–Kier alpha value is -2.29. The molecule has 0 unspecified atom stereocenters. The highest BCUT2D eigenvalue weighted by molar-refractivity contribution is 5.89. The van der Waals surface area contributed by atoms with Crippen molar-refractivity contribution in [3.05, 3.63) is 54.6 Å². The summed E-state index contributed by atoms with van der Waals surface area (Å²) in [5.74, 6) is 0.0698. The Morgan fingerprint density at radius 2 is 1.65 bits per heavy atom.